The average molecular weight is 200 g/mol. The number of aliphatic hydroxyl groups excluding tert-OH is 1. The molecule has 1 amide bonds. The van der Waals surface area contributed by atoms with Crippen molar-refractivity contribution < 1.29 is 9.90 Å². The van der Waals surface area contributed by atoms with Gasteiger partial charge in [0.2, 0.25) is 5.91 Å². The molecule has 0 spiro atoms. The van der Waals surface area contributed by atoms with Gasteiger partial charge < -0.3 is 15.7 Å². The van der Waals surface area contributed by atoms with Crippen LogP contribution in [0.15, 0.2) is 0 Å². The van der Waals surface area contributed by atoms with Crippen molar-refractivity contribution >= 4 is 5.91 Å². The van der Waals surface area contributed by atoms with Gasteiger partial charge in [-0.15, -0.1) is 0 Å². The highest BCUT2D eigenvalue weighted by molar-refractivity contribution is 5.73. The highest BCUT2D eigenvalue weighted by Gasteiger charge is 2.24. The van der Waals surface area contributed by atoms with E-state index in [4.69, 9.17) is 5.11 Å². The van der Waals surface area contributed by atoms with Crippen LogP contribution in [-0.2, 0) is 4.79 Å². The highest BCUT2D eigenvalue weighted by Crippen LogP contribution is 2.18. The SMILES string of the molecule is CC(=O)N[C@@H]1CCCC[C@@H]1NCCO. The minimum absolute atomic E-state index is 0.0349. The highest BCUT2D eigenvalue weighted by atomic mass is 16.3. The van der Waals surface area contributed by atoms with Gasteiger partial charge in [-0.25, -0.2) is 0 Å². The lowest BCUT2D eigenvalue weighted by molar-refractivity contribution is -0.120. The van der Waals surface area contributed by atoms with E-state index in [0.717, 1.165) is 12.8 Å². The Morgan fingerprint density at radius 1 is 1.36 bits per heavy atom. The van der Waals surface area contributed by atoms with Gasteiger partial charge in [-0.3, -0.25) is 4.79 Å². The second-order valence-electron chi connectivity index (χ2n) is 3.88. The van der Waals surface area contributed by atoms with Gasteiger partial charge in [0.05, 0.1) is 6.61 Å². The molecule has 1 fully saturated rings. The number of carbonyl (C=O) groups excluding carboxylic acids is 1. The molecule has 4 nitrogen and oxygen atoms in total. The van der Waals surface area contributed by atoms with Gasteiger partial charge in [0, 0.05) is 25.6 Å². The summed E-state index contributed by atoms with van der Waals surface area (Å²) in [5.74, 6) is 0.0349. The summed E-state index contributed by atoms with van der Waals surface area (Å²) in [7, 11) is 0. The molecule has 0 aromatic rings. The molecule has 0 aromatic heterocycles. The van der Waals surface area contributed by atoms with Gasteiger partial charge in [0.25, 0.3) is 0 Å². The molecular weight excluding hydrogens is 180 g/mol. The second kappa shape index (κ2) is 5.98. The number of rotatable bonds is 4. The lowest BCUT2D eigenvalue weighted by Gasteiger charge is -2.32. The zero-order valence-corrected chi connectivity index (χ0v) is 8.75. The number of amides is 1. The van der Waals surface area contributed by atoms with Crippen molar-refractivity contribution in [2.75, 3.05) is 13.2 Å². The number of hydrogen-bond donors (Lipinski definition) is 3. The minimum Gasteiger partial charge on any atom is -0.395 e. The third kappa shape index (κ3) is 3.64. The first-order valence-electron chi connectivity index (χ1n) is 5.35. The molecule has 0 heterocycles. The zero-order valence-electron chi connectivity index (χ0n) is 8.75. The summed E-state index contributed by atoms with van der Waals surface area (Å²) in [6.45, 7) is 2.32. The maximum Gasteiger partial charge on any atom is 0.217 e. The van der Waals surface area contributed by atoms with E-state index < -0.39 is 0 Å². The van der Waals surface area contributed by atoms with Gasteiger partial charge in [-0.05, 0) is 12.8 Å². The first-order chi connectivity index (χ1) is 6.74. The summed E-state index contributed by atoms with van der Waals surface area (Å²) >= 11 is 0. The Morgan fingerprint density at radius 3 is 2.57 bits per heavy atom. The van der Waals surface area contributed by atoms with E-state index in [9.17, 15) is 4.79 Å². The molecule has 0 unspecified atom stereocenters. The largest absolute Gasteiger partial charge is 0.395 e. The van der Waals surface area contributed by atoms with Gasteiger partial charge in [-0.1, -0.05) is 12.8 Å². The third-order valence-corrected chi connectivity index (χ3v) is 2.67. The maximum atomic E-state index is 10.9. The lowest BCUT2D eigenvalue weighted by atomic mass is 9.90. The Balaban J connectivity index is 2.37. The van der Waals surface area contributed by atoms with Crippen molar-refractivity contribution in [3.05, 3.63) is 0 Å². The number of hydrogen-bond acceptors (Lipinski definition) is 3. The predicted octanol–water partition coefficient (Wildman–Crippen LogP) is 0.0156. The standard InChI is InChI=1S/C10H20N2O2/c1-8(14)12-10-5-3-2-4-9(10)11-6-7-13/h9-11,13H,2-7H2,1H3,(H,12,14)/t9-,10+/m0/s1. The number of nitrogens with one attached hydrogen (secondary N) is 2. The summed E-state index contributed by atoms with van der Waals surface area (Å²) in [5.41, 5.74) is 0. The van der Waals surface area contributed by atoms with Crippen molar-refractivity contribution in [3.8, 4) is 0 Å². The van der Waals surface area contributed by atoms with E-state index in [0.29, 0.717) is 12.6 Å². The van der Waals surface area contributed by atoms with E-state index >= 15 is 0 Å². The Bertz CT molecular complexity index is 185. The van der Waals surface area contributed by atoms with E-state index in [-0.39, 0.29) is 18.6 Å². The molecule has 0 aromatic carbocycles. The molecule has 3 N–H and O–H groups in total. The Labute approximate surface area is 85.1 Å². The minimum atomic E-state index is 0.0349. The Hall–Kier alpha value is -0.610. The quantitative estimate of drug-likeness (QED) is 0.599. The molecule has 0 saturated heterocycles. The summed E-state index contributed by atoms with van der Waals surface area (Å²) in [4.78, 5) is 10.9. The molecule has 1 saturated carbocycles. The molecule has 1 aliphatic rings. The summed E-state index contributed by atoms with van der Waals surface area (Å²) < 4.78 is 0. The molecule has 4 heteroatoms. The molecular formula is C10H20N2O2. The van der Waals surface area contributed by atoms with Gasteiger partial charge in [0.1, 0.15) is 0 Å². The van der Waals surface area contributed by atoms with E-state index in [1.165, 1.54) is 12.8 Å². The van der Waals surface area contributed by atoms with Crippen LogP contribution in [0.1, 0.15) is 32.6 Å². The van der Waals surface area contributed by atoms with Crippen LogP contribution in [0.2, 0.25) is 0 Å². The normalized spacial score (nSPS) is 27.3. The first kappa shape index (κ1) is 11.5. The first-order valence-corrected chi connectivity index (χ1v) is 5.35. The fourth-order valence-corrected chi connectivity index (χ4v) is 2.06. The van der Waals surface area contributed by atoms with Crippen molar-refractivity contribution in [3.63, 3.8) is 0 Å². The molecule has 14 heavy (non-hydrogen) atoms. The average Bonchev–Trinajstić information content (AvgIpc) is 2.16. The molecule has 2 atom stereocenters. The van der Waals surface area contributed by atoms with Crippen LogP contribution < -0.4 is 10.6 Å². The summed E-state index contributed by atoms with van der Waals surface area (Å²) in [5, 5.41) is 14.9. The number of carbonyl (C=O) groups is 1. The third-order valence-electron chi connectivity index (χ3n) is 2.67. The summed E-state index contributed by atoms with van der Waals surface area (Å²) in [6, 6.07) is 0.576. The van der Waals surface area contributed by atoms with E-state index in [1.807, 2.05) is 0 Å². The van der Waals surface area contributed by atoms with Crippen molar-refractivity contribution in [2.24, 2.45) is 0 Å². The second-order valence-corrected chi connectivity index (χ2v) is 3.88. The molecule has 82 valence electrons. The topological polar surface area (TPSA) is 61.4 Å². The van der Waals surface area contributed by atoms with Gasteiger partial charge >= 0.3 is 0 Å². The monoisotopic (exact) mass is 200 g/mol. The molecule has 1 rings (SSSR count). The van der Waals surface area contributed by atoms with Gasteiger partial charge in [-0.2, -0.15) is 0 Å². The smallest absolute Gasteiger partial charge is 0.217 e. The van der Waals surface area contributed by atoms with E-state index in [1.54, 1.807) is 6.92 Å². The van der Waals surface area contributed by atoms with Gasteiger partial charge in [0.15, 0.2) is 0 Å². The van der Waals surface area contributed by atoms with Crippen LogP contribution in [0.4, 0.5) is 0 Å². The fraction of sp³-hybridized carbons (Fsp3) is 0.900. The van der Waals surface area contributed by atoms with Crippen LogP contribution >= 0.6 is 0 Å². The number of aliphatic hydroxyl groups is 1. The van der Waals surface area contributed by atoms with Crippen molar-refractivity contribution in [2.45, 2.75) is 44.7 Å². The van der Waals surface area contributed by atoms with Crippen LogP contribution in [-0.4, -0.2) is 36.2 Å². The molecule has 0 bridgehead atoms. The van der Waals surface area contributed by atoms with Crippen LogP contribution in [0.5, 0.6) is 0 Å². The molecule has 0 aliphatic heterocycles. The van der Waals surface area contributed by atoms with Crippen molar-refractivity contribution in [1.29, 1.82) is 0 Å². The predicted molar refractivity (Wildman–Crippen MR) is 54.9 cm³/mol. The fourth-order valence-electron chi connectivity index (χ4n) is 2.06. The molecule has 1 aliphatic carbocycles. The maximum absolute atomic E-state index is 10.9. The van der Waals surface area contributed by atoms with Crippen LogP contribution in [0.3, 0.4) is 0 Å². The van der Waals surface area contributed by atoms with Crippen LogP contribution in [0.25, 0.3) is 0 Å². The van der Waals surface area contributed by atoms with Crippen molar-refractivity contribution in [1.82, 2.24) is 10.6 Å². The van der Waals surface area contributed by atoms with E-state index in [2.05, 4.69) is 10.6 Å². The molecule has 0 radical (unpaired) electrons. The zero-order chi connectivity index (χ0) is 10.4. The Kier molecular flexibility index (Phi) is 4.90. The Morgan fingerprint density at radius 2 is 2.00 bits per heavy atom. The lowest BCUT2D eigenvalue weighted by Crippen LogP contribution is -2.51. The van der Waals surface area contributed by atoms with Crippen LogP contribution in [0, 0.1) is 0 Å². The summed E-state index contributed by atoms with van der Waals surface area (Å²) in [6.07, 6.45) is 4.52.